The molecule has 6 heteroatoms. The van der Waals surface area contributed by atoms with Crippen LogP contribution in [-0.2, 0) is 9.53 Å². The highest BCUT2D eigenvalue weighted by Gasteiger charge is 2.70. The summed E-state index contributed by atoms with van der Waals surface area (Å²) in [6.45, 7) is 20.4. The van der Waals surface area contributed by atoms with Crippen LogP contribution in [0.1, 0.15) is 120 Å². The molecule has 10 atom stereocenters. The Morgan fingerprint density at radius 1 is 0.762 bits per heavy atom. The van der Waals surface area contributed by atoms with E-state index in [2.05, 4.69) is 55.4 Å². The van der Waals surface area contributed by atoms with E-state index in [1.54, 1.807) is 4.90 Å². The van der Waals surface area contributed by atoms with Gasteiger partial charge in [-0.15, -0.1) is 0 Å². The van der Waals surface area contributed by atoms with Crippen molar-refractivity contribution in [3.8, 4) is 0 Å². The number of ether oxygens (including phenoxy) is 1. The number of carbonyl (C=O) groups excluding carboxylic acids is 1. The van der Waals surface area contributed by atoms with Gasteiger partial charge in [-0.25, -0.2) is 0 Å². The van der Waals surface area contributed by atoms with Crippen LogP contribution in [0, 0.1) is 56.2 Å². The quantitative estimate of drug-likeness (QED) is 0.313. The molecule has 0 spiro atoms. The molecule has 0 aromatic heterocycles. The van der Waals surface area contributed by atoms with Crippen LogP contribution in [0.3, 0.4) is 0 Å². The van der Waals surface area contributed by atoms with Gasteiger partial charge in [0.05, 0.1) is 25.9 Å². The van der Waals surface area contributed by atoms with Gasteiger partial charge >= 0.3 is 5.97 Å². The Bertz CT molecular complexity index is 1010. The molecule has 6 nitrogen and oxygen atoms in total. The minimum Gasteiger partial charge on any atom is -0.461 e. The lowest BCUT2D eigenvalue weighted by Crippen LogP contribution is -2.68. The zero-order valence-electron chi connectivity index (χ0n) is 28.2. The molecule has 5 rings (SSSR count). The van der Waals surface area contributed by atoms with Gasteiger partial charge in [0.2, 0.25) is 0 Å². The van der Waals surface area contributed by atoms with Crippen molar-refractivity contribution in [3.63, 3.8) is 0 Å². The van der Waals surface area contributed by atoms with E-state index >= 15 is 0 Å². The second kappa shape index (κ2) is 11.0. The standard InChI is InChI=1S/C36H63NO5/c1-31(2)15-16-33(5)17-18-35(7)24(29(33)30(31)41)9-10-26-34(6)13-12-27(32(3,4)25(34)11-14-36(26,35)8)42-28(40)23-37(19-21-38)20-22-39/h24-27,29-30,38-39,41H,9-23H2,1-8H3/t24-,25?,26-,27+,29?,30-,33-,34+,35-,36-/m1/s1. The van der Waals surface area contributed by atoms with Crippen LogP contribution in [0.2, 0.25) is 0 Å². The fourth-order valence-corrected chi connectivity index (χ4v) is 12.5. The van der Waals surface area contributed by atoms with E-state index in [-0.39, 0.29) is 70.4 Å². The Morgan fingerprint density at radius 2 is 1.40 bits per heavy atom. The van der Waals surface area contributed by atoms with Gasteiger partial charge < -0.3 is 20.1 Å². The van der Waals surface area contributed by atoms with E-state index in [1.165, 1.54) is 44.9 Å². The normalized spacial score (nSPS) is 47.5. The third kappa shape index (κ3) is 4.83. The van der Waals surface area contributed by atoms with Gasteiger partial charge in [-0.3, -0.25) is 9.69 Å². The van der Waals surface area contributed by atoms with E-state index < -0.39 is 0 Å². The molecule has 0 bridgehead atoms. The Hall–Kier alpha value is -0.690. The molecule has 0 amide bonds. The molecule has 5 aliphatic rings. The predicted molar refractivity (Wildman–Crippen MR) is 167 cm³/mol. The van der Waals surface area contributed by atoms with Crippen molar-refractivity contribution in [2.24, 2.45) is 56.2 Å². The highest BCUT2D eigenvalue weighted by atomic mass is 16.5. The molecule has 0 radical (unpaired) electrons. The number of hydrogen-bond acceptors (Lipinski definition) is 6. The number of hydrogen-bond donors (Lipinski definition) is 3. The molecule has 5 saturated carbocycles. The van der Waals surface area contributed by atoms with E-state index in [0.717, 1.165) is 19.3 Å². The van der Waals surface area contributed by atoms with E-state index in [9.17, 15) is 20.1 Å². The molecule has 0 saturated heterocycles. The van der Waals surface area contributed by atoms with Gasteiger partial charge in [0, 0.05) is 18.5 Å². The minimum absolute atomic E-state index is 0.00309. The van der Waals surface area contributed by atoms with Crippen molar-refractivity contribution in [2.75, 3.05) is 32.8 Å². The Morgan fingerprint density at radius 3 is 2.05 bits per heavy atom. The first-order chi connectivity index (χ1) is 19.5. The van der Waals surface area contributed by atoms with Gasteiger partial charge in [-0.2, -0.15) is 0 Å². The lowest BCUT2D eigenvalue weighted by Gasteiger charge is -2.74. The number of carbonyl (C=O) groups is 1. The van der Waals surface area contributed by atoms with Crippen molar-refractivity contribution in [1.82, 2.24) is 4.90 Å². The lowest BCUT2D eigenvalue weighted by atomic mass is 9.31. The Balaban J connectivity index is 1.37. The van der Waals surface area contributed by atoms with Crippen LogP contribution in [0.25, 0.3) is 0 Å². The number of rotatable bonds is 7. The van der Waals surface area contributed by atoms with Crippen molar-refractivity contribution in [3.05, 3.63) is 0 Å². The second-order valence-corrected chi connectivity index (χ2v) is 17.8. The van der Waals surface area contributed by atoms with Gasteiger partial charge in [0.1, 0.15) is 6.10 Å². The molecule has 0 heterocycles. The van der Waals surface area contributed by atoms with Crippen LogP contribution in [0.15, 0.2) is 0 Å². The molecule has 0 aromatic rings. The summed E-state index contributed by atoms with van der Waals surface area (Å²) in [6.07, 6.45) is 11.4. The van der Waals surface area contributed by atoms with Gasteiger partial charge in [-0.05, 0) is 115 Å². The second-order valence-electron chi connectivity index (χ2n) is 17.8. The van der Waals surface area contributed by atoms with Gasteiger partial charge in [0.25, 0.3) is 0 Å². The van der Waals surface area contributed by atoms with Gasteiger partial charge in [-0.1, -0.05) is 55.4 Å². The first kappa shape index (κ1) is 32.7. The predicted octanol–water partition coefficient (Wildman–Crippen LogP) is 6.06. The maximum atomic E-state index is 13.0. The largest absolute Gasteiger partial charge is 0.461 e. The third-order valence-corrected chi connectivity index (χ3v) is 15.3. The Kier molecular flexibility index (Phi) is 8.55. The molecular formula is C36H63NO5. The highest BCUT2D eigenvalue weighted by Crippen LogP contribution is 2.77. The smallest absolute Gasteiger partial charge is 0.320 e. The average Bonchev–Trinajstić information content (AvgIpc) is 2.90. The summed E-state index contributed by atoms with van der Waals surface area (Å²) in [5.41, 5.74) is 0.832. The monoisotopic (exact) mass is 589 g/mol. The minimum atomic E-state index is -0.244. The van der Waals surface area contributed by atoms with Crippen LogP contribution in [0.4, 0.5) is 0 Å². The first-order valence-electron chi connectivity index (χ1n) is 17.3. The summed E-state index contributed by atoms with van der Waals surface area (Å²) < 4.78 is 6.22. The molecule has 2 unspecified atom stereocenters. The van der Waals surface area contributed by atoms with Crippen molar-refractivity contribution in [2.45, 2.75) is 132 Å². The first-order valence-corrected chi connectivity index (χ1v) is 17.3. The van der Waals surface area contributed by atoms with Crippen molar-refractivity contribution < 1.29 is 24.9 Å². The molecule has 0 aliphatic heterocycles. The lowest BCUT2D eigenvalue weighted by molar-refractivity contribution is -0.267. The summed E-state index contributed by atoms with van der Waals surface area (Å²) >= 11 is 0. The number of esters is 1. The summed E-state index contributed by atoms with van der Waals surface area (Å²) in [4.78, 5) is 14.8. The summed E-state index contributed by atoms with van der Waals surface area (Å²) in [6, 6.07) is 0. The topological polar surface area (TPSA) is 90.2 Å². The molecule has 242 valence electrons. The number of aliphatic hydroxyl groups excluding tert-OH is 3. The fourth-order valence-electron chi connectivity index (χ4n) is 12.5. The van der Waals surface area contributed by atoms with E-state index in [0.29, 0.717) is 36.8 Å². The maximum absolute atomic E-state index is 13.0. The van der Waals surface area contributed by atoms with Crippen LogP contribution in [0.5, 0.6) is 0 Å². The average molecular weight is 590 g/mol. The summed E-state index contributed by atoms with van der Waals surface area (Å²) in [7, 11) is 0. The van der Waals surface area contributed by atoms with E-state index in [1.807, 2.05) is 0 Å². The molecule has 3 N–H and O–H groups in total. The summed E-state index contributed by atoms with van der Waals surface area (Å²) in [5, 5.41) is 30.6. The zero-order chi connectivity index (χ0) is 30.9. The fraction of sp³-hybridized carbons (Fsp3) is 0.972. The van der Waals surface area contributed by atoms with Crippen LogP contribution in [-0.4, -0.2) is 71.2 Å². The molecule has 5 aliphatic carbocycles. The van der Waals surface area contributed by atoms with Crippen molar-refractivity contribution >= 4 is 5.97 Å². The SMILES string of the molecule is CC1(C)CC[C@]2(C)CC[C@]3(C)[C@H](CC[C@@H]4[C@@]5(C)CC[C@H](OC(=O)CN(CCO)CCO)C(C)(C)C5CC[C@]43C)C2[C@H]1O. The maximum Gasteiger partial charge on any atom is 0.320 e. The third-order valence-electron chi connectivity index (χ3n) is 15.3. The van der Waals surface area contributed by atoms with Gasteiger partial charge in [0.15, 0.2) is 0 Å². The molecule has 42 heavy (non-hydrogen) atoms. The van der Waals surface area contributed by atoms with E-state index in [4.69, 9.17) is 4.74 Å². The molecule has 5 fully saturated rings. The highest BCUT2D eigenvalue weighted by molar-refractivity contribution is 5.72. The number of fused-ring (bicyclic) bond motifs is 7. The van der Waals surface area contributed by atoms with Crippen LogP contribution < -0.4 is 0 Å². The Labute approximate surface area is 256 Å². The molecule has 0 aromatic carbocycles. The summed E-state index contributed by atoms with van der Waals surface area (Å²) in [5.74, 6) is 1.87. The number of nitrogens with zero attached hydrogens (tertiary/aromatic N) is 1. The van der Waals surface area contributed by atoms with Crippen molar-refractivity contribution in [1.29, 1.82) is 0 Å². The number of aliphatic hydroxyl groups is 3. The van der Waals surface area contributed by atoms with Crippen LogP contribution >= 0.6 is 0 Å². The molecular weight excluding hydrogens is 526 g/mol. The zero-order valence-corrected chi connectivity index (χ0v) is 28.2.